The summed E-state index contributed by atoms with van der Waals surface area (Å²) < 4.78 is 8.09. The van der Waals surface area contributed by atoms with Crippen molar-refractivity contribution in [2.24, 2.45) is 7.05 Å². The fourth-order valence-electron chi connectivity index (χ4n) is 5.37. The van der Waals surface area contributed by atoms with Crippen LogP contribution in [0.4, 0.5) is 0 Å². The quantitative estimate of drug-likeness (QED) is 0.334. The number of carbonyl (C=O) groups is 2. The molecular weight excluding hydrogens is 516 g/mol. The van der Waals surface area contributed by atoms with Gasteiger partial charge in [0.25, 0.3) is 0 Å². The summed E-state index contributed by atoms with van der Waals surface area (Å²) >= 11 is 6.50. The highest BCUT2D eigenvalue weighted by atomic mass is 35.5. The van der Waals surface area contributed by atoms with E-state index in [9.17, 15) is 19.8 Å². The van der Waals surface area contributed by atoms with Crippen molar-refractivity contribution in [1.82, 2.24) is 9.78 Å². The van der Waals surface area contributed by atoms with E-state index in [1.165, 1.54) is 0 Å². The maximum Gasteiger partial charge on any atom is 0.331 e. The van der Waals surface area contributed by atoms with Gasteiger partial charge < -0.3 is 14.9 Å². The van der Waals surface area contributed by atoms with Gasteiger partial charge in [-0.05, 0) is 85.6 Å². The normalized spacial score (nSPS) is 18.9. The summed E-state index contributed by atoms with van der Waals surface area (Å²) in [6.45, 7) is 5.73. The van der Waals surface area contributed by atoms with Gasteiger partial charge in [-0.25, -0.2) is 4.79 Å². The van der Waals surface area contributed by atoms with Crippen LogP contribution >= 0.6 is 11.6 Å². The molecule has 2 N–H and O–H groups in total. The van der Waals surface area contributed by atoms with Gasteiger partial charge in [-0.15, -0.1) is 0 Å². The van der Waals surface area contributed by atoms with Crippen LogP contribution in [-0.4, -0.2) is 31.9 Å². The first kappa shape index (κ1) is 26.8. The minimum atomic E-state index is -1.50. The fraction of sp³-hybridized carbons (Fsp3) is 0.323. The second-order valence-electron chi connectivity index (χ2n) is 10.5. The molecule has 2 aliphatic rings. The summed E-state index contributed by atoms with van der Waals surface area (Å²) in [7, 11) is 1.85. The second kappa shape index (κ2) is 10.0. The molecule has 0 aliphatic heterocycles. The highest BCUT2D eigenvalue weighted by Crippen LogP contribution is 2.47. The van der Waals surface area contributed by atoms with Crippen molar-refractivity contribution in [3.8, 4) is 17.0 Å². The van der Waals surface area contributed by atoms with E-state index < -0.39 is 17.4 Å². The van der Waals surface area contributed by atoms with Crippen LogP contribution < -0.4 is 4.74 Å². The molecule has 7 nitrogen and oxygen atoms in total. The Morgan fingerprint density at radius 2 is 1.90 bits per heavy atom. The van der Waals surface area contributed by atoms with Crippen LogP contribution in [0.25, 0.3) is 11.3 Å². The number of aliphatic carboxylic acids is 2. The third kappa shape index (κ3) is 4.76. The number of carboxylic acid groups (broad SMARTS) is 2. The number of benzene rings is 2. The topological polar surface area (TPSA) is 102 Å². The van der Waals surface area contributed by atoms with Gasteiger partial charge in [0.2, 0.25) is 0 Å². The largest absolute Gasteiger partial charge is 0.489 e. The summed E-state index contributed by atoms with van der Waals surface area (Å²) in [6, 6.07) is 11.5. The molecule has 202 valence electrons. The van der Waals surface area contributed by atoms with Gasteiger partial charge in [-0.3, -0.25) is 9.48 Å². The number of aromatic nitrogens is 2. The molecule has 1 heterocycles. The molecule has 2 aromatic carbocycles. The number of ether oxygens (including phenoxy) is 1. The lowest BCUT2D eigenvalue weighted by atomic mass is 9.69. The van der Waals surface area contributed by atoms with Crippen LogP contribution in [0.2, 0.25) is 5.02 Å². The zero-order chi connectivity index (χ0) is 28.1. The summed E-state index contributed by atoms with van der Waals surface area (Å²) in [4.78, 5) is 24.8. The highest BCUT2D eigenvalue weighted by molar-refractivity contribution is 6.33. The molecular formula is C31H31ClN2O5. The lowest BCUT2D eigenvalue weighted by Crippen LogP contribution is -2.38. The van der Waals surface area contributed by atoms with E-state index in [0.717, 1.165) is 40.8 Å². The standard InChI is InChI=1S/C31H31ClN2O5/c1-17-12-13-31(30(37)38,15-23(17)29(35)36)25-7-5-6-22(20-8-9-20)24(25)16-39-26-11-10-21(14-18(26)2)28-27(32)19(3)34(4)33-28/h5-7,10-14,20H,8-9,15-16H2,1-4H3,(H,35,36)(H,37,38). The predicted octanol–water partition coefficient (Wildman–Crippen LogP) is 6.50. The van der Waals surface area contributed by atoms with Crippen molar-refractivity contribution < 1.29 is 24.5 Å². The van der Waals surface area contributed by atoms with E-state index in [-0.39, 0.29) is 18.6 Å². The van der Waals surface area contributed by atoms with Gasteiger partial charge in [0.05, 0.1) is 10.7 Å². The van der Waals surface area contributed by atoms with Crippen molar-refractivity contribution >= 4 is 23.5 Å². The molecule has 1 saturated carbocycles. The van der Waals surface area contributed by atoms with Crippen molar-refractivity contribution in [3.63, 3.8) is 0 Å². The molecule has 2 aliphatic carbocycles. The molecule has 1 aromatic heterocycles. The Kier molecular flexibility index (Phi) is 6.89. The maximum atomic E-state index is 12.8. The van der Waals surface area contributed by atoms with Crippen molar-refractivity contribution in [2.45, 2.75) is 58.0 Å². The van der Waals surface area contributed by atoms with Crippen LogP contribution in [0.1, 0.15) is 60.1 Å². The number of allylic oxidation sites excluding steroid dienone is 2. The van der Waals surface area contributed by atoms with Gasteiger partial charge in [-0.1, -0.05) is 42.0 Å². The zero-order valence-electron chi connectivity index (χ0n) is 22.4. The van der Waals surface area contributed by atoms with Gasteiger partial charge in [0.15, 0.2) is 0 Å². The van der Waals surface area contributed by atoms with Gasteiger partial charge in [0, 0.05) is 24.6 Å². The molecule has 0 saturated heterocycles. The van der Waals surface area contributed by atoms with Crippen LogP contribution in [0.3, 0.4) is 0 Å². The Labute approximate surface area is 232 Å². The van der Waals surface area contributed by atoms with Crippen molar-refractivity contribution in [3.05, 3.63) is 92.7 Å². The van der Waals surface area contributed by atoms with Crippen LogP contribution in [0.5, 0.6) is 5.75 Å². The number of carboxylic acids is 2. The highest BCUT2D eigenvalue weighted by Gasteiger charge is 2.44. The van der Waals surface area contributed by atoms with Crippen molar-refractivity contribution in [1.29, 1.82) is 0 Å². The number of hydrogen-bond acceptors (Lipinski definition) is 4. The van der Waals surface area contributed by atoms with Crippen LogP contribution in [0, 0.1) is 13.8 Å². The van der Waals surface area contributed by atoms with Gasteiger partial charge >= 0.3 is 11.9 Å². The molecule has 5 rings (SSSR count). The van der Waals surface area contributed by atoms with E-state index in [1.807, 2.05) is 51.2 Å². The smallest absolute Gasteiger partial charge is 0.331 e. The molecule has 0 spiro atoms. The number of halogens is 1. The van der Waals surface area contributed by atoms with E-state index in [0.29, 0.717) is 33.5 Å². The minimum Gasteiger partial charge on any atom is -0.489 e. The van der Waals surface area contributed by atoms with E-state index in [1.54, 1.807) is 29.8 Å². The van der Waals surface area contributed by atoms with Crippen molar-refractivity contribution in [2.75, 3.05) is 0 Å². The Morgan fingerprint density at radius 3 is 2.49 bits per heavy atom. The number of rotatable bonds is 8. The monoisotopic (exact) mass is 546 g/mol. The third-order valence-corrected chi connectivity index (χ3v) is 8.43. The number of aryl methyl sites for hydroxylation is 2. The average molecular weight is 547 g/mol. The molecule has 0 radical (unpaired) electrons. The van der Waals surface area contributed by atoms with E-state index in [4.69, 9.17) is 16.3 Å². The summed E-state index contributed by atoms with van der Waals surface area (Å²) in [5, 5.41) is 25.4. The first-order valence-electron chi connectivity index (χ1n) is 12.9. The lowest BCUT2D eigenvalue weighted by Gasteiger charge is -2.33. The van der Waals surface area contributed by atoms with E-state index in [2.05, 4.69) is 5.10 Å². The first-order chi connectivity index (χ1) is 18.5. The molecule has 39 heavy (non-hydrogen) atoms. The number of nitrogens with zero attached hydrogens (tertiary/aromatic N) is 2. The first-order valence-corrected chi connectivity index (χ1v) is 13.3. The molecule has 0 amide bonds. The van der Waals surface area contributed by atoms with Gasteiger partial charge in [-0.2, -0.15) is 5.10 Å². The average Bonchev–Trinajstić information content (AvgIpc) is 3.72. The molecule has 1 atom stereocenters. The Balaban J connectivity index is 1.51. The SMILES string of the molecule is CC1=C(C(=O)O)CC(C(=O)O)(c2cccc(C3CC3)c2COc2ccc(-c3nn(C)c(C)c3Cl)cc2C)C=C1. The fourth-order valence-corrected chi connectivity index (χ4v) is 5.64. The van der Waals surface area contributed by atoms with E-state index >= 15 is 0 Å². The summed E-state index contributed by atoms with van der Waals surface area (Å²) in [6.07, 6.45) is 5.18. The van der Waals surface area contributed by atoms with Crippen LogP contribution in [-0.2, 0) is 28.7 Å². The zero-order valence-corrected chi connectivity index (χ0v) is 23.2. The minimum absolute atomic E-state index is 0.110. The summed E-state index contributed by atoms with van der Waals surface area (Å²) in [5.41, 5.74) is 5.00. The lowest BCUT2D eigenvalue weighted by molar-refractivity contribution is -0.142. The maximum absolute atomic E-state index is 12.8. The Morgan fingerprint density at radius 1 is 1.15 bits per heavy atom. The molecule has 8 heteroatoms. The third-order valence-electron chi connectivity index (χ3n) is 7.98. The molecule has 3 aromatic rings. The van der Waals surface area contributed by atoms with Crippen LogP contribution in [0.15, 0.2) is 59.7 Å². The molecule has 1 fully saturated rings. The second-order valence-corrected chi connectivity index (χ2v) is 10.9. The molecule has 1 unspecified atom stereocenters. The van der Waals surface area contributed by atoms with Gasteiger partial charge in [0.1, 0.15) is 23.5 Å². The Bertz CT molecular complexity index is 1560. The predicted molar refractivity (Wildman–Crippen MR) is 149 cm³/mol. The number of hydrogen-bond donors (Lipinski definition) is 2. The summed E-state index contributed by atoms with van der Waals surface area (Å²) in [5.74, 6) is -1.17. The Hall–Kier alpha value is -3.84. The molecule has 0 bridgehead atoms.